The van der Waals surface area contributed by atoms with Crippen molar-refractivity contribution in [3.8, 4) is 11.5 Å². The Hall–Kier alpha value is -3.02. The normalized spacial score (nSPS) is 13.2. The molecule has 0 unspecified atom stereocenters. The second-order valence-electron chi connectivity index (χ2n) is 5.98. The van der Waals surface area contributed by atoms with Gasteiger partial charge in [-0.05, 0) is 44.2 Å². The van der Waals surface area contributed by atoms with Gasteiger partial charge in [0.1, 0.15) is 11.5 Å². The monoisotopic (exact) mass is 340 g/mol. The van der Waals surface area contributed by atoms with Gasteiger partial charge in [0, 0.05) is 11.7 Å². The molecular weight excluding hydrogens is 320 g/mol. The fourth-order valence-electron chi connectivity index (χ4n) is 2.68. The fourth-order valence-corrected chi connectivity index (χ4v) is 2.68. The van der Waals surface area contributed by atoms with E-state index in [1.165, 1.54) is 0 Å². The lowest BCUT2D eigenvalue weighted by atomic mass is 10.1. The van der Waals surface area contributed by atoms with Crippen LogP contribution in [0.5, 0.6) is 11.5 Å². The summed E-state index contributed by atoms with van der Waals surface area (Å²) in [6, 6.07) is 14.4. The quantitative estimate of drug-likeness (QED) is 0.909. The van der Waals surface area contributed by atoms with Gasteiger partial charge in [-0.15, -0.1) is 0 Å². The minimum absolute atomic E-state index is 0.00233. The summed E-state index contributed by atoms with van der Waals surface area (Å²) in [4.78, 5) is 25.8. The fraction of sp³-hybridized carbons (Fsp3) is 0.263. The molecule has 1 aliphatic heterocycles. The molecule has 2 amide bonds. The molecule has 25 heavy (non-hydrogen) atoms. The van der Waals surface area contributed by atoms with Crippen LogP contribution in [0.4, 0.5) is 11.4 Å². The number of ether oxygens (including phenoxy) is 2. The molecule has 1 heterocycles. The number of rotatable bonds is 5. The van der Waals surface area contributed by atoms with E-state index in [-0.39, 0.29) is 31.1 Å². The van der Waals surface area contributed by atoms with Gasteiger partial charge >= 0.3 is 0 Å². The maximum absolute atomic E-state index is 12.1. The molecule has 3 rings (SSSR count). The third-order valence-electron chi connectivity index (χ3n) is 3.75. The van der Waals surface area contributed by atoms with Crippen LogP contribution in [0, 0.1) is 0 Å². The molecule has 1 aliphatic rings. The first kappa shape index (κ1) is 16.8. The first-order valence-corrected chi connectivity index (χ1v) is 8.11. The van der Waals surface area contributed by atoms with E-state index in [0.29, 0.717) is 22.9 Å². The number of nitrogens with zero attached hydrogens (tertiary/aromatic N) is 1. The topological polar surface area (TPSA) is 67.9 Å². The number of nitrogens with one attached hydrogen (secondary N) is 1. The summed E-state index contributed by atoms with van der Waals surface area (Å²) < 4.78 is 10.9. The largest absolute Gasteiger partial charge is 0.484 e. The van der Waals surface area contributed by atoms with E-state index >= 15 is 0 Å². The van der Waals surface area contributed by atoms with E-state index in [9.17, 15) is 9.59 Å². The molecule has 130 valence electrons. The van der Waals surface area contributed by atoms with Crippen molar-refractivity contribution in [1.29, 1.82) is 0 Å². The molecule has 6 heteroatoms. The Morgan fingerprint density at radius 3 is 2.72 bits per heavy atom. The summed E-state index contributed by atoms with van der Waals surface area (Å²) in [6.07, 6.45) is 0. The van der Waals surface area contributed by atoms with Crippen LogP contribution in [0.25, 0.3) is 0 Å². The lowest BCUT2D eigenvalue weighted by Gasteiger charge is -2.32. The highest BCUT2D eigenvalue weighted by Gasteiger charge is 2.27. The van der Waals surface area contributed by atoms with Crippen molar-refractivity contribution < 1.29 is 19.1 Å². The Labute approximate surface area is 146 Å². The van der Waals surface area contributed by atoms with Crippen LogP contribution in [0.2, 0.25) is 0 Å². The van der Waals surface area contributed by atoms with E-state index in [0.717, 1.165) is 0 Å². The van der Waals surface area contributed by atoms with Crippen molar-refractivity contribution in [1.82, 2.24) is 0 Å². The standard InChI is InChI=1S/C19H20N2O4/c1-13(2)21-16-10-14(8-9-17(16)25-12-19(21)23)20-18(22)11-24-15-6-4-3-5-7-15/h3-10,13H,11-12H2,1-2H3,(H,20,22). The highest BCUT2D eigenvalue weighted by atomic mass is 16.5. The molecule has 0 fully saturated rings. The molecule has 0 bridgehead atoms. The Morgan fingerprint density at radius 1 is 1.24 bits per heavy atom. The summed E-state index contributed by atoms with van der Waals surface area (Å²) in [5.74, 6) is 0.890. The zero-order chi connectivity index (χ0) is 17.8. The van der Waals surface area contributed by atoms with Crippen LogP contribution < -0.4 is 19.7 Å². The number of hydrogen-bond donors (Lipinski definition) is 1. The summed E-state index contributed by atoms with van der Waals surface area (Å²) in [6.45, 7) is 3.81. The van der Waals surface area contributed by atoms with Crippen molar-refractivity contribution in [2.45, 2.75) is 19.9 Å². The lowest BCUT2D eigenvalue weighted by molar-refractivity contribution is -0.121. The van der Waals surface area contributed by atoms with Crippen molar-refractivity contribution >= 4 is 23.2 Å². The van der Waals surface area contributed by atoms with Crippen LogP contribution in [0.15, 0.2) is 48.5 Å². The minimum Gasteiger partial charge on any atom is -0.484 e. The minimum atomic E-state index is -0.275. The van der Waals surface area contributed by atoms with Gasteiger partial charge in [-0.2, -0.15) is 0 Å². The summed E-state index contributed by atoms with van der Waals surface area (Å²) in [5, 5.41) is 2.78. The zero-order valence-electron chi connectivity index (χ0n) is 14.2. The van der Waals surface area contributed by atoms with Crippen molar-refractivity contribution in [3.63, 3.8) is 0 Å². The predicted octanol–water partition coefficient (Wildman–Crippen LogP) is 2.84. The number of fused-ring (bicyclic) bond motifs is 1. The predicted molar refractivity (Wildman–Crippen MR) is 95.1 cm³/mol. The summed E-state index contributed by atoms with van der Waals surface area (Å²) >= 11 is 0. The second-order valence-corrected chi connectivity index (χ2v) is 5.98. The first-order valence-electron chi connectivity index (χ1n) is 8.11. The molecule has 0 aliphatic carbocycles. The third kappa shape index (κ3) is 3.91. The zero-order valence-corrected chi connectivity index (χ0v) is 14.2. The average molecular weight is 340 g/mol. The summed E-state index contributed by atoms with van der Waals surface area (Å²) in [5.41, 5.74) is 1.25. The number of benzene rings is 2. The van der Waals surface area contributed by atoms with E-state index in [4.69, 9.17) is 9.47 Å². The van der Waals surface area contributed by atoms with E-state index < -0.39 is 0 Å². The third-order valence-corrected chi connectivity index (χ3v) is 3.75. The molecule has 6 nitrogen and oxygen atoms in total. The molecule has 0 radical (unpaired) electrons. The second kappa shape index (κ2) is 7.25. The Balaban J connectivity index is 1.69. The molecule has 2 aromatic carbocycles. The number of anilines is 2. The van der Waals surface area contributed by atoms with Crippen molar-refractivity contribution in [3.05, 3.63) is 48.5 Å². The molecular formula is C19H20N2O4. The van der Waals surface area contributed by atoms with Crippen LogP contribution in [-0.2, 0) is 9.59 Å². The van der Waals surface area contributed by atoms with Crippen LogP contribution in [0.3, 0.4) is 0 Å². The van der Waals surface area contributed by atoms with Crippen molar-refractivity contribution in [2.75, 3.05) is 23.4 Å². The van der Waals surface area contributed by atoms with Gasteiger partial charge in [0.2, 0.25) is 0 Å². The van der Waals surface area contributed by atoms with Crippen LogP contribution in [-0.4, -0.2) is 31.1 Å². The van der Waals surface area contributed by atoms with Gasteiger partial charge in [-0.1, -0.05) is 18.2 Å². The molecule has 0 saturated heterocycles. The number of para-hydroxylation sites is 1. The lowest BCUT2D eigenvalue weighted by Crippen LogP contribution is -2.43. The Kier molecular flexibility index (Phi) is 4.88. The average Bonchev–Trinajstić information content (AvgIpc) is 2.60. The van der Waals surface area contributed by atoms with Gasteiger partial charge in [-0.25, -0.2) is 0 Å². The Morgan fingerprint density at radius 2 is 2.00 bits per heavy atom. The van der Waals surface area contributed by atoms with Crippen molar-refractivity contribution in [2.24, 2.45) is 0 Å². The maximum Gasteiger partial charge on any atom is 0.265 e. The molecule has 0 saturated carbocycles. The smallest absolute Gasteiger partial charge is 0.265 e. The molecule has 0 atom stereocenters. The molecule has 2 aromatic rings. The van der Waals surface area contributed by atoms with E-state index in [1.807, 2.05) is 32.0 Å². The maximum atomic E-state index is 12.1. The highest BCUT2D eigenvalue weighted by molar-refractivity contribution is 6.00. The van der Waals surface area contributed by atoms with Gasteiger partial charge < -0.3 is 19.7 Å². The highest BCUT2D eigenvalue weighted by Crippen LogP contribution is 2.35. The number of carbonyl (C=O) groups is 2. The molecule has 0 spiro atoms. The molecule has 0 aromatic heterocycles. The van der Waals surface area contributed by atoms with Gasteiger partial charge in [0.15, 0.2) is 13.2 Å². The van der Waals surface area contributed by atoms with E-state index in [2.05, 4.69) is 5.32 Å². The summed E-state index contributed by atoms with van der Waals surface area (Å²) in [7, 11) is 0. The van der Waals surface area contributed by atoms with E-state index in [1.54, 1.807) is 35.2 Å². The van der Waals surface area contributed by atoms with Gasteiger partial charge in [0.25, 0.3) is 11.8 Å². The number of amides is 2. The van der Waals surface area contributed by atoms with Gasteiger partial charge in [0.05, 0.1) is 5.69 Å². The van der Waals surface area contributed by atoms with Crippen LogP contribution in [0.1, 0.15) is 13.8 Å². The number of carbonyl (C=O) groups excluding carboxylic acids is 2. The SMILES string of the molecule is CC(C)N1C(=O)COc2ccc(NC(=O)COc3ccccc3)cc21. The van der Waals surface area contributed by atoms with Crippen LogP contribution >= 0.6 is 0 Å². The number of hydrogen-bond acceptors (Lipinski definition) is 4. The first-order chi connectivity index (χ1) is 12.0. The Bertz CT molecular complexity index is 774. The molecule has 1 N–H and O–H groups in total. The van der Waals surface area contributed by atoms with Gasteiger partial charge in [-0.3, -0.25) is 9.59 Å².